The Bertz CT molecular complexity index is 560. The first-order valence-corrected chi connectivity index (χ1v) is 5.38. The Kier molecular flexibility index (Phi) is 2.85. The molecule has 0 aliphatic rings. The van der Waals surface area contributed by atoms with Gasteiger partial charge in [-0.2, -0.15) is 0 Å². The number of carbonyl (C=O) groups excluding carboxylic acids is 1. The second kappa shape index (κ2) is 4.18. The number of hydrazine groups is 1. The first-order chi connectivity index (χ1) is 7.99. The summed E-state index contributed by atoms with van der Waals surface area (Å²) in [5, 5.41) is 1.10. The quantitative estimate of drug-likeness (QED) is 0.485. The van der Waals surface area contributed by atoms with Gasteiger partial charge < -0.3 is 4.42 Å². The number of hydrogen-bond acceptors (Lipinski definition) is 4. The molecule has 17 heavy (non-hydrogen) atoms. The molecule has 0 spiro atoms. The smallest absolute Gasteiger partial charge is 0.243 e. The summed E-state index contributed by atoms with van der Waals surface area (Å²) in [6.45, 7) is 3.61. The van der Waals surface area contributed by atoms with Crippen molar-refractivity contribution in [2.75, 3.05) is 7.05 Å². The van der Waals surface area contributed by atoms with Gasteiger partial charge in [0.1, 0.15) is 5.52 Å². The highest BCUT2D eigenvalue weighted by molar-refractivity contribution is 5.84. The summed E-state index contributed by atoms with van der Waals surface area (Å²) < 4.78 is 5.43. The van der Waals surface area contributed by atoms with Crippen molar-refractivity contribution in [2.45, 2.75) is 19.8 Å². The molecule has 0 saturated heterocycles. The summed E-state index contributed by atoms with van der Waals surface area (Å²) in [5.41, 5.74) is 2.36. The maximum absolute atomic E-state index is 11.7. The molecule has 1 aromatic carbocycles. The van der Waals surface area contributed by atoms with Gasteiger partial charge in [-0.1, -0.05) is 6.07 Å². The van der Waals surface area contributed by atoms with Crippen molar-refractivity contribution in [1.82, 2.24) is 9.99 Å². The second-order valence-electron chi connectivity index (χ2n) is 4.13. The summed E-state index contributed by atoms with van der Waals surface area (Å²) in [7, 11) is 1.54. The van der Waals surface area contributed by atoms with E-state index in [9.17, 15) is 4.79 Å². The molecule has 0 radical (unpaired) electrons. The number of carbonyl (C=O) groups is 1. The molecular weight excluding hydrogens is 218 g/mol. The van der Waals surface area contributed by atoms with E-state index in [-0.39, 0.29) is 11.8 Å². The van der Waals surface area contributed by atoms with Gasteiger partial charge in [0, 0.05) is 14.0 Å². The van der Waals surface area contributed by atoms with Crippen LogP contribution in [0.1, 0.15) is 24.3 Å². The normalized spacial score (nSPS) is 12.7. The summed E-state index contributed by atoms with van der Waals surface area (Å²) in [4.78, 5) is 15.9. The zero-order chi connectivity index (χ0) is 12.6. The van der Waals surface area contributed by atoms with Crippen molar-refractivity contribution < 1.29 is 9.21 Å². The molecule has 0 aliphatic carbocycles. The topological polar surface area (TPSA) is 72.4 Å². The van der Waals surface area contributed by atoms with Gasteiger partial charge in [0.2, 0.25) is 5.91 Å². The van der Waals surface area contributed by atoms with Crippen LogP contribution in [0.25, 0.3) is 11.1 Å². The van der Waals surface area contributed by atoms with Gasteiger partial charge in [-0.15, -0.1) is 0 Å². The van der Waals surface area contributed by atoms with Crippen LogP contribution in [-0.2, 0) is 4.79 Å². The number of nitrogens with two attached hydrogens (primary N) is 1. The Balaban J connectivity index is 2.38. The van der Waals surface area contributed by atoms with Crippen LogP contribution in [0.5, 0.6) is 0 Å². The van der Waals surface area contributed by atoms with Crippen LogP contribution in [0.4, 0.5) is 0 Å². The zero-order valence-electron chi connectivity index (χ0n) is 10.1. The lowest BCUT2D eigenvalue weighted by atomic mass is 10.00. The van der Waals surface area contributed by atoms with E-state index in [0.29, 0.717) is 11.5 Å². The third-order valence-electron chi connectivity index (χ3n) is 2.74. The average molecular weight is 233 g/mol. The number of benzene rings is 1. The number of aromatic nitrogens is 1. The van der Waals surface area contributed by atoms with Crippen LogP contribution in [0.2, 0.25) is 0 Å². The molecule has 0 fully saturated rings. The van der Waals surface area contributed by atoms with Crippen molar-refractivity contribution >= 4 is 17.0 Å². The van der Waals surface area contributed by atoms with E-state index >= 15 is 0 Å². The van der Waals surface area contributed by atoms with Gasteiger partial charge >= 0.3 is 0 Å². The fourth-order valence-electron chi connectivity index (χ4n) is 1.77. The molecule has 5 heteroatoms. The van der Waals surface area contributed by atoms with Crippen LogP contribution in [0.3, 0.4) is 0 Å². The van der Waals surface area contributed by atoms with Crippen molar-refractivity contribution in [1.29, 1.82) is 0 Å². The van der Waals surface area contributed by atoms with E-state index in [1.54, 1.807) is 6.92 Å². The van der Waals surface area contributed by atoms with Gasteiger partial charge in [0.05, 0.1) is 5.92 Å². The van der Waals surface area contributed by atoms with Crippen LogP contribution in [0.15, 0.2) is 22.6 Å². The first kappa shape index (κ1) is 11.6. The molecule has 1 unspecified atom stereocenters. The Morgan fingerprint density at radius 3 is 2.88 bits per heavy atom. The fraction of sp³-hybridized carbons (Fsp3) is 0.333. The SMILES string of the molecule is Cc1nc2ccc(C(C)C(=O)N(C)N)cc2o1. The molecule has 1 atom stereocenters. The van der Waals surface area contributed by atoms with Gasteiger partial charge in [-0.25, -0.2) is 10.8 Å². The second-order valence-corrected chi connectivity index (χ2v) is 4.13. The summed E-state index contributed by atoms with van der Waals surface area (Å²) >= 11 is 0. The number of rotatable bonds is 2. The first-order valence-electron chi connectivity index (χ1n) is 5.38. The number of hydrogen-bond donors (Lipinski definition) is 1. The van der Waals surface area contributed by atoms with Crippen LogP contribution < -0.4 is 5.84 Å². The Hall–Kier alpha value is -1.88. The minimum absolute atomic E-state index is 0.138. The number of amides is 1. The number of likely N-dealkylation sites (N-methyl/N-ethyl adjacent to an activating group) is 1. The molecule has 1 amide bonds. The summed E-state index contributed by atoms with van der Waals surface area (Å²) in [6.07, 6.45) is 0. The van der Waals surface area contributed by atoms with Gasteiger partial charge in [-0.3, -0.25) is 9.80 Å². The molecule has 5 nitrogen and oxygen atoms in total. The Labute approximate surface area is 99.2 Å². The van der Waals surface area contributed by atoms with E-state index in [1.165, 1.54) is 7.05 Å². The molecular formula is C12H15N3O2. The zero-order valence-corrected chi connectivity index (χ0v) is 10.1. The van der Waals surface area contributed by atoms with E-state index in [1.807, 2.05) is 25.1 Å². The lowest BCUT2D eigenvalue weighted by molar-refractivity contribution is -0.131. The molecule has 2 rings (SSSR count). The number of nitrogens with zero attached hydrogens (tertiary/aromatic N) is 2. The van der Waals surface area contributed by atoms with Crippen LogP contribution >= 0.6 is 0 Å². The maximum Gasteiger partial charge on any atom is 0.243 e. The van der Waals surface area contributed by atoms with Crippen LogP contribution in [0, 0.1) is 6.92 Å². The predicted molar refractivity (Wildman–Crippen MR) is 64.1 cm³/mol. The molecule has 0 saturated carbocycles. The van der Waals surface area contributed by atoms with E-state index in [4.69, 9.17) is 10.3 Å². The highest BCUT2D eigenvalue weighted by atomic mass is 16.3. The molecule has 0 bridgehead atoms. The van der Waals surface area contributed by atoms with Crippen molar-refractivity contribution in [2.24, 2.45) is 5.84 Å². The molecule has 2 N–H and O–H groups in total. The molecule has 1 heterocycles. The summed E-state index contributed by atoms with van der Waals surface area (Å²) in [5.74, 6) is 5.63. The Morgan fingerprint density at radius 1 is 1.53 bits per heavy atom. The molecule has 0 aliphatic heterocycles. The highest BCUT2D eigenvalue weighted by Crippen LogP contribution is 2.23. The van der Waals surface area contributed by atoms with Crippen molar-refractivity contribution in [3.63, 3.8) is 0 Å². The predicted octanol–water partition coefficient (Wildman–Crippen LogP) is 1.57. The third kappa shape index (κ3) is 2.14. The number of fused-ring (bicyclic) bond motifs is 1. The van der Waals surface area contributed by atoms with E-state index in [0.717, 1.165) is 16.1 Å². The standard InChI is InChI=1S/C12H15N3O2/c1-7(12(16)15(3)13)9-4-5-10-11(6-9)17-8(2)14-10/h4-7H,13H2,1-3H3. The highest BCUT2D eigenvalue weighted by Gasteiger charge is 2.18. The average Bonchev–Trinajstić information content (AvgIpc) is 2.65. The van der Waals surface area contributed by atoms with Crippen molar-refractivity contribution in [3.8, 4) is 0 Å². The lowest BCUT2D eigenvalue weighted by Gasteiger charge is -2.16. The molecule has 90 valence electrons. The van der Waals surface area contributed by atoms with Gasteiger partial charge in [0.15, 0.2) is 11.5 Å². The minimum atomic E-state index is -0.292. The largest absolute Gasteiger partial charge is 0.441 e. The Morgan fingerprint density at radius 2 is 2.24 bits per heavy atom. The summed E-state index contributed by atoms with van der Waals surface area (Å²) in [6, 6.07) is 5.55. The lowest BCUT2D eigenvalue weighted by Crippen LogP contribution is -2.36. The van der Waals surface area contributed by atoms with E-state index in [2.05, 4.69) is 4.98 Å². The molecule has 1 aromatic heterocycles. The van der Waals surface area contributed by atoms with Crippen LogP contribution in [-0.4, -0.2) is 22.9 Å². The number of aryl methyl sites for hydroxylation is 1. The van der Waals surface area contributed by atoms with Gasteiger partial charge in [-0.05, 0) is 24.6 Å². The minimum Gasteiger partial charge on any atom is -0.441 e. The van der Waals surface area contributed by atoms with Crippen molar-refractivity contribution in [3.05, 3.63) is 29.7 Å². The van der Waals surface area contributed by atoms with Gasteiger partial charge in [0.25, 0.3) is 0 Å². The van der Waals surface area contributed by atoms with E-state index < -0.39 is 0 Å². The third-order valence-corrected chi connectivity index (χ3v) is 2.74. The number of oxazole rings is 1. The maximum atomic E-state index is 11.7. The molecule has 2 aromatic rings. The monoisotopic (exact) mass is 233 g/mol. The fourth-order valence-corrected chi connectivity index (χ4v) is 1.77.